The first-order chi connectivity index (χ1) is 14.1. The van der Waals surface area contributed by atoms with E-state index in [9.17, 15) is 4.79 Å². The van der Waals surface area contributed by atoms with E-state index < -0.39 is 0 Å². The number of ether oxygens (including phenoxy) is 2. The van der Waals surface area contributed by atoms with Crippen molar-refractivity contribution < 1.29 is 18.8 Å². The molecule has 8 heteroatoms. The van der Waals surface area contributed by atoms with Gasteiger partial charge in [0, 0.05) is 36.8 Å². The van der Waals surface area contributed by atoms with Gasteiger partial charge in [-0.3, -0.25) is 9.78 Å². The largest absolute Gasteiger partial charge is 0.493 e. The number of methoxy groups -OCH3 is 2. The topological polar surface area (TPSA) is 90.6 Å². The summed E-state index contributed by atoms with van der Waals surface area (Å²) in [6.45, 7) is 2.53. The number of carbonyl (C=O) groups excluding carboxylic acids is 1. The van der Waals surface area contributed by atoms with Crippen LogP contribution in [0.2, 0.25) is 0 Å². The van der Waals surface area contributed by atoms with Crippen molar-refractivity contribution in [3.63, 3.8) is 0 Å². The summed E-state index contributed by atoms with van der Waals surface area (Å²) in [7, 11) is 3.20. The predicted octanol–water partition coefficient (Wildman–Crippen LogP) is 3.23. The van der Waals surface area contributed by atoms with Crippen LogP contribution < -0.4 is 9.47 Å². The molecule has 1 aliphatic rings. The zero-order chi connectivity index (χ0) is 20.4. The highest BCUT2D eigenvalue weighted by Crippen LogP contribution is 2.36. The summed E-state index contributed by atoms with van der Waals surface area (Å²) in [5.41, 5.74) is 1.78. The fourth-order valence-corrected chi connectivity index (χ4v) is 3.58. The molecule has 2 aromatic heterocycles. The minimum atomic E-state index is -0.112. The maximum absolute atomic E-state index is 12.7. The van der Waals surface area contributed by atoms with E-state index in [1.807, 2.05) is 42.2 Å². The molecule has 0 radical (unpaired) electrons. The maximum atomic E-state index is 12.7. The minimum Gasteiger partial charge on any atom is -0.493 e. The molecule has 0 bridgehead atoms. The Balaban J connectivity index is 1.52. The first-order valence-corrected chi connectivity index (χ1v) is 9.36. The highest BCUT2D eigenvalue weighted by Gasteiger charge is 2.36. The number of hydrogen-bond acceptors (Lipinski definition) is 7. The Morgan fingerprint density at radius 2 is 1.90 bits per heavy atom. The van der Waals surface area contributed by atoms with Gasteiger partial charge in [-0.15, -0.1) is 0 Å². The molecule has 1 fully saturated rings. The number of hydrogen-bond donors (Lipinski definition) is 0. The Labute approximate surface area is 168 Å². The summed E-state index contributed by atoms with van der Waals surface area (Å²) in [5, 5.41) is 4.10. The van der Waals surface area contributed by atoms with Crippen LogP contribution in [0.3, 0.4) is 0 Å². The molecule has 8 nitrogen and oxygen atoms in total. The Kier molecular flexibility index (Phi) is 5.16. The fourth-order valence-electron chi connectivity index (χ4n) is 3.58. The van der Waals surface area contributed by atoms with Crippen molar-refractivity contribution in [2.24, 2.45) is 0 Å². The number of carbonyl (C=O) groups is 1. The van der Waals surface area contributed by atoms with Gasteiger partial charge in [-0.2, -0.15) is 4.98 Å². The van der Waals surface area contributed by atoms with E-state index in [0.29, 0.717) is 36.2 Å². The molecule has 1 aromatic carbocycles. The Morgan fingerprint density at radius 3 is 2.62 bits per heavy atom. The summed E-state index contributed by atoms with van der Waals surface area (Å²) in [4.78, 5) is 23.0. The van der Waals surface area contributed by atoms with Gasteiger partial charge in [-0.25, -0.2) is 0 Å². The molecule has 2 unspecified atom stereocenters. The first-order valence-electron chi connectivity index (χ1n) is 9.36. The average Bonchev–Trinajstić information content (AvgIpc) is 3.40. The van der Waals surface area contributed by atoms with E-state index in [0.717, 1.165) is 11.1 Å². The molecule has 0 N–H and O–H groups in total. The molecule has 1 aliphatic heterocycles. The lowest BCUT2D eigenvalue weighted by molar-refractivity contribution is -0.129. The molecule has 1 amide bonds. The van der Waals surface area contributed by atoms with Gasteiger partial charge in [0.2, 0.25) is 5.91 Å². The van der Waals surface area contributed by atoms with E-state index >= 15 is 0 Å². The van der Waals surface area contributed by atoms with Crippen molar-refractivity contribution in [3.8, 4) is 23.0 Å². The second-order valence-corrected chi connectivity index (χ2v) is 6.93. The Morgan fingerprint density at radius 1 is 1.14 bits per heavy atom. The van der Waals surface area contributed by atoms with Crippen LogP contribution in [0.15, 0.2) is 47.2 Å². The van der Waals surface area contributed by atoms with Crippen LogP contribution in [0.4, 0.5) is 0 Å². The molecule has 3 aromatic rings. The van der Waals surface area contributed by atoms with Gasteiger partial charge in [0.05, 0.1) is 20.3 Å². The third kappa shape index (κ3) is 3.65. The van der Waals surface area contributed by atoms with E-state index in [4.69, 9.17) is 14.0 Å². The van der Waals surface area contributed by atoms with Crippen LogP contribution in [0, 0.1) is 0 Å². The molecular weight excluding hydrogens is 372 g/mol. The summed E-state index contributed by atoms with van der Waals surface area (Å²) < 4.78 is 16.1. The lowest BCUT2D eigenvalue weighted by Crippen LogP contribution is -2.28. The monoisotopic (exact) mass is 394 g/mol. The molecular formula is C21H22N4O4. The summed E-state index contributed by atoms with van der Waals surface area (Å²) in [5.74, 6) is 2.23. The van der Waals surface area contributed by atoms with Crippen LogP contribution in [0.25, 0.3) is 11.5 Å². The molecule has 4 rings (SSSR count). The van der Waals surface area contributed by atoms with Gasteiger partial charge >= 0.3 is 0 Å². The third-order valence-corrected chi connectivity index (χ3v) is 5.25. The van der Waals surface area contributed by atoms with Gasteiger partial charge in [0.25, 0.3) is 5.89 Å². The minimum absolute atomic E-state index is 0.0625. The molecule has 0 aliphatic carbocycles. The summed E-state index contributed by atoms with van der Waals surface area (Å²) in [6.07, 6.45) is 3.70. The zero-order valence-electron chi connectivity index (χ0n) is 16.5. The van der Waals surface area contributed by atoms with Crippen molar-refractivity contribution in [2.45, 2.75) is 25.3 Å². The molecule has 29 heavy (non-hydrogen) atoms. The van der Waals surface area contributed by atoms with Gasteiger partial charge < -0.3 is 18.9 Å². The Bertz CT molecular complexity index is 1000. The van der Waals surface area contributed by atoms with E-state index in [2.05, 4.69) is 15.1 Å². The van der Waals surface area contributed by atoms with E-state index in [-0.39, 0.29) is 17.9 Å². The predicted molar refractivity (Wildman–Crippen MR) is 105 cm³/mol. The van der Waals surface area contributed by atoms with E-state index in [1.165, 1.54) is 0 Å². The third-order valence-electron chi connectivity index (χ3n) is 5.25. The summed E-state index contributed by atoms with van der Waals surface area (Å²) in [6, 6.07) is 9.20. The van der Waals surface area contributed by atoms with Gasteiger partial charge in [-0.1, -0.05) is 11.2 Å². The van der Waals surface area contributed by atoms with Gasteiger partial charge in [0.15, 0.2) is 17.3 Å². The first kappa shape index (κ1) is 18.9. The molecule has 1 saturated heterocycles. The zero-order valence-corrected chi connectivity index (χ0v) is 16.5. The van der Waals surface area contributed by atoms with Crippen molar-refractivity contribution in [2.75, 3.05) is 20.8 Å². The quantitative estimate of drug-likeness (QED) is 0.634. The number of rotatable bonds is 6. The SMILES string of the molecule is COc1ccc(C(C)N2CC(c3noc(-c4ccncc4)n3)CC2=O)cc1OC. The van der Waals surface area contributed by atoms with Crippen LogP contribution in [0.5, 0.6) is 11.5 Å². The number of nitrogens with zero attached hydrogens (tertiary/aromatic N) is 4. The molecule has 3 heterocycles. The Hall–Kier alpha value is -3.42. The standard InChI is InChI=1S/C21H22N4O4/c1-13(15-4-5-17(27-2)18(10-15)28-3)25-12-16(11-19(25)26)20-23-21(29-24-20)14-6-8-22-9-7-14/h4-10,13,16H,11-12H2,1-3H3. The maximum Gasteiger partial charge on any atom is 0.258 e. The number of pyridine rings is 1. The van der Waals surface area contributed by atoms with Gasteiger partial charge in [-0.05, 0) is 36.8 Å². The van der Waals surface area contributed by atoms with Crippen molar-refractivity contribution in [3.05, 3.63) is 54.1 Å². The number of likely N-dealkylation sites (tertiary alicyclic amines) is 1. The molecule has 2 atom stereocenters. The van der Waals surface area contributed by atoms with Gasteiger partial charge in [0.1, 0.15) is 0 Å². The summed E-state index contributed by atoms with van der Waals surface area (Å²) >= 11 is 0. The van der Waals surface area contributed by atoms with Crippen LogP contribution in [-0.4, -0.2) is 46.7 Å². The molecule has 0 spiro atoms. The number of aromatic nitrogens is 3. The lowest BCUT2D eigenvalue weighted by atomic mass is 10.1. The average molecular weight is 394 g/mol. The molecule has 0 saturated carbocycles. The number of benzene rings is 1. The number of amides is 1. The second kappa shape index (κ2) is 7.90. The van der Waals surface area contributed by atoms with Crippen molar-refractivity contribution in [1.82, 2.24) is 20.0 Å². The van der Waals surface area contributed by atoms with Crippen LogP contribution in [0.1, 0.15) is 36.7 Å². The second-order valence-electron chi connectivity index (χ2n) is 6.93. The normalized spacial score (nSPS) is 17.4. The van der Waals surface area contributed by atoms with Crippen molar-refractivity contribution in [1.29, 1.82) is 0 Å². The lowest BCUT2D eigenvalue weighted by Gasteiger charge is -2.25. The fraction of sp³-hybridized carbons (Fsp3) is 0.333. The highest BCUT2D eigenvalue weighted by atomic mass is 16.5. The highest BCUT2D eigenvalue weighted by molar-refractivity contribution is 5.80. The van der Waals surface area contributed by atoms with Crippen LogP contribution in [-0.2, 0) is 4.79 Å². The van der Waals surface area contributed by atoms with Crippen LogP contribution >= 0.6 is 0 Å². The smallest absolute Gasteiger partial charge is 0.258 e. The van der Waals surface area contributed by atoms with E-state index in [1.54, 1.807) is 26.6 Å². The van der Waals surface area contributed by atoms with Crippen molar-refractivity contribution >= 4 is 5.91 Å². The molecule has 150 valence electrons.